The number of ether oxygens (including phenoxy) is 2. The van der Waals surface area contributed by atoms with E-state index in [0.717, 1.165) is 5.39 Å². The lowest BCUT2D eigenvalue weighted by atomic mass is 10.1. The van der Waals surface area contributed by atoms with Crippen LogP contribution in [0.3, 0.4) is 0 Å². The first-order valence-electron chi connectivity index (χ1n) is 8.91. The van der Waals surface area contributed by atoms with Gasteiger partial charge in [0, 0.05) is 32.3 Å². The van der Waals surface area contributed by atoms with Gasteiger partial charge in [-0.25, -0.2) is 19.2 Å². The number of rotatable bonds is 5. The number of nitrogens with zero attached hydrogens (tertiary/aromatic N) is 4. The predicted molar refractivity (Wildman–Crippen MR) is 104 cm³/mol. The highest BCUT2D eigenvalue weighted by Crippen LogP contribution is 2.29. The number of H-pyrrole nitrogens is 1. The molecule has 150 valence electrons. The quantitative estimate of drug-likeness (QED) is 0.535. The summed E-state index contributed by atoms with van der Waals surface area (Å²) in [6.45, 7) is 2.14. The normalized spacial score (nSPS) is 12.4. The maximum Gasteiger partial charge on any atom is 0.412 e. The smallest absolute Gasteiger partial charge is 0.406 e. The fraction of sp³-hybridized carbons (Fsp3) is 0.263. The van der Waals surface area contributed by atoms with Crippen LogP contribution in [0, 0.1) is 5.82 Å². The van der Waals surface area contributed by atoms with E-state index in [1.54, 1.807) is 31.1 Å². The minimum Gasteiger partial charge on any atom is -0.406 e. The number of benzene rings is 1. The molecule has 0 spiro atoms. The van der Waals surface area contributed by atoms with Gasteiger partial charge in [-0.3, -0.25) is 4.68 Å². The number of methoxy groups -OCH3 is 1. The highest BCUT2D eigenvalue weighted by atomic mass is 19.1. The van der Waals surface area contributed by atoms with Crippen LogP contribution in [-0.2, 0) is 11.8 Å². The predicted octanol–water partition coefficient (Wildman–Crippen LogP) is 2.77. The van der Waals surface area contributed by atoms with Gasteiger partial charge < -0.3 is 19.8 Å². The number of aromatic amines is 1. The summed E-state index contributed by atoms with van der Waals surface area (Å²) < 4.78 is 25.6. The number of aromatic nitrogens is 5. The van der Waals surface area contributed by atoms with E-state index in [1.165, 1.54) is 18.3 Å². The van der Waals surface area contributed by atoms with E-state index in [-0.39, 0.29) is 17.7 Å². The Labute approximate surface area is 164 Å². The molecule has 0 radical (unpaired) electrons. The summed E-state index contributed by atoms with van der Waals surface area (Å²) in [5.41, 5.74) is 2.53. The Morgan fingerprint density at radius 1 is 1.41 bits per heavy atom. The molecule has 0 aliphatic carbocycles. The molecule has 0 saturated heterocycles. The second kappa shape index (κ2) is 7.47. The van der Waals surface area contributed by atoms with E-state index in [0.29, 0.717) is 34.6 Å². The Morgan fingerprint density at radius 3 is 3.03 bits per heavy atom. The first kappa shape index (κ1) is 18.8. The summed E-state index contributed by atoms with van der Waals surface area (Å²) in [6, 6.07) is 4.43. The fourth-order valence-corrected chi connectivity index (χ4v) is 2.93. The number of hydrogen-bond donors (Lipinski definition) is 2. The summed E-state index contributed by atoms with van der Waals surface area (Å²) in [6.07, 6.45) is 2.31. The molecule has 0 bridgehead atoms. The van der Waals surface area contributed by atoms with Gasteiger partial charge in [0.25, 0.3) is 0 Å². The molecule has 0 saturated carbocycles. The zero-order valence-electron chi connectivity index (χ0n) is 16.1. The van der Waals surface area contributed by atoms with E-state index in [2.05, 4.69) is 25.4 Å². The van der Waals surface area contributed by atoms with Gasteiger partial charge in [-0.1, -0.05) is 0 Å². The maximum absolute atomic E-state index is 13.6. The van der Waals surface area contributed by atoms with Crippen LogP contribution in [0.1, 0.15) is 6.92 Å². The first-order valence-corrected chi connectivity index (χ1v) is 8.91. The van der Waals surface area contributed by atoms with E-state index in [9.17, 15) is 9.18 Å². The zero-order chi connectivity index (χ0) is 20.5. The van der Waals surface area contributed by atoms with Gasteiger partial charge in [0.05, 0.1) is 17.8 Å². The van der Waals surface area contributed by atoms with Gasteiger partial charge in [0.15, 0.2) is 16.9 Å². The largest absolute Gasteiger partial charge is 0.412 e. The molecule has 2 N–H and O–H groups in total. The Morgan fingerprint density at radius 2 is 2.24 bits per heavy atom. The van der Waals surface area contributed by atoms with Gasteiger partial charge in [-0.15, -0.1) is 0 Å². The lowest BCUT2D eigenvalue weighted by Crippen LogP contribution is -2.33. The van der Waals surface area contributed by atoms with Crippen molar-refractivity contribution >= 4 is 28.2 Å². The van der Waals surface area contributed by atoms with Gasteiger partial charge in [-0.2, -0.15) is 5.10 Å². The SMILES string of the molecule is CO[C@@H](C)CNC(=O)Oc1c[nH]c2ncc(-c3nn(C)c4cc(F)ccc34)nc12. The Hall–Kier alpha value is -3.53. The number of halogens is 1. The molecule has 1 amide bonds. The molecule has 29 heavy (non-hydrogen) atoms. The van der Waals surface area contributed by atoms with Gasteiger partial charge in [0.2, 0.25) is 0 Å². The van der Waals surface area contributed by atoms with Crippen molar-refractivity contribution in [1.29, 1.82) is 0 Å². The van der Waals surface area contributed by atoms with Crippen LogP contribution in [0.2, 0.25) is 0 Å². The topological polar surface area (TPSA) is 107 Å². The Bertz CT molecular complexity index is 1200. The summed E-state index contributed by atoms with van der Waals surface area (Å²) in [5.74, 6) is -0.105. The zero-order valence-corrected chi connectivity index (χ0v) is 16.1. The minimum atomic E-state index is -0.624. The van der Waals surface area contributed by atoms with Crippen molar-refractivity contribution in [2.75, 3.05) is 13.7 Å². The van der Waals surface area contributed by atoms with Crippen LogP contribution in [0.5, 0.6) is 5.75 Å². The summed E-state index contributed by atoms with van der Waals surface area (Å²) >= 11 is 0. The van der Waals surface area contributed by atoms with Crippen molar-refractivity contribution in [3.63, 3.8) is 0 Å². The molecule has 0 unspecified atom stereocenters. The van der Waals surface area contributed by atoms with Crippen molar-refractivity contribution in [3.05, 3.63) is 36.4 Å². The second-order valence-corrected chi connectivity index (χ2v) is 6.56. The number of nitrogens with one attached hydrogen (secondary N) is 2. The highest BCUT2D eigenvalue weighted by molar-refractivity contribution is 5.93. The number of carbonyl (C=O) groups is 1. The molecule has 3 aromatic heterocycles. The molecular formula is C19H19FN6O3. The standard InChI is InChI=1S/C19H19FN6O3/c1-10(28-3)7-23-19(27)29-15-9-22-18-17(15)24-13(8-21-18)16-12-5-4-11(20)6-14(12)26(2)25-16/h4-6,8-10H,7H2,1-3H3,(H,21,22)(H,23,27)/t10-/m0/s1. The van der Waals surface area contributed by atoms with Crippen LogP contribution in [0.25, 0.3) is 33.5 Å². The van der Waals surface area contributed by atoms with Crippen molar-refractivity contribution in [2.24, 2.45) is 7.05 Å². The molecule has 0 fully saturated rings. The molecular weight excluding hydrogens is 379 g/mol. The lowest BCUT2D eigenvalue weighted by molar-refractivity contribution is 0.115. The van der Waals surface area contributed by atoms with Gasteiger partial charge in [-0.05, 0) is 25.1 Å². The Kier molecular flexibility index (Phi) is 4.85. The maximum atomic E-state index is 13.6. The molecule has 10 heteroatoms. The lowest BCUT2D eigenvalue weighted by Gasteiger charge is -2.10. The van der Waals surface area contributed by atoms with E-state index >= 15 is 0 Å². The third-order valence-corrected chi connectivity index (χ3v) is 4.54. The number of fused-ring (bicyclic) bond motifs is 2. The van der Waals surface area contributed by atoms with Crippen molar-refractivity contribution in [2.45, 2.75) is 13.0 Å². The fourth-order valence-electron chi connectivity index (χ4n) is 2.93. The number of aryl methyl sites for hydroxylation is 1. The Balaban J connectivity index is 1.67. The van der Waals surface area contributed by atoms with E-state index < -0.39 is 6.09 Å². The highest BCUT2D eigenvalue weighted by Gasteiger charge is 2.17. The number of carbonyl (C=O) groups excluding carboxylic acids is 1. The molecule has 0 aliphatic heterocycles. The molecule has 9 nitrogen and oxygen atoms in total. The van der Waals surface area contributed by atoms with Gasteiger partial charge >= 0.3 is 6.09 Å². The summed E-state index contributed by atoms with van der Waals surface area (Å²) in [4.78, 5) is 23.9. The molecule has 0 aliphatic rings. The summed E-state index contributed by atoms with van der Waals surface area (Å²) in [7, 11) is 3.29. The van der Waals surface area contributed by atoms with Crippen LogP contribution in [-0.4, -0.2) is 50.6 Å². The molecule has 4 rings (SSSR count). The molecule has 1 aromatic carbocycles. The van der Waals surface area contributed by atoms with Crippen LogP contribution >= 0.6 is 0 Å². The van der Waals surface area contributed by atoms with Crippen LogP contribution in [0.15, 0.2) is 30.6 Å². The molecule has 1 atom stereocenters. The monoisotopic (exact) mass is 398 g/mol. The van der Waals surface area contributed by atoms with Crippen molar-refractivity contribution < 1.29 is 18.7 Å². The van der Waals surface area contributed by atoms with E-state index in [4.69, 9.17) is 9.47 Å². The number of amides is 1. The van der Waals surface area contributed by atoms with Crippen molar-refractivity contribution in [1.82, 2.24) is 30.0 Å². The average molecular weight is 398 g/mol. The number of hydrogen-bond acceptors (Lipinski definition) is 6. The molecule has 4 aromatic rings. The third kappa shape index (κ3) is 3.61. The summed E-state index contributed by atoms with van der Waals surface area (Å²) in [5, 5.41) is 7.80. The molecule has 3 heterocycles. The van der Waals surface area contributed by atoms with Gasteiger partial charge in [0.1, 0.15) is 17.2 Å². The van der Waals surface area contributed by atoms with Crippen LogP contribution in [0.4, 0.5) is 9.18 Å². The average Bonchev–Trinajstić information content (AvgIpc) is 3.26. The first-order chi connectivity index (χ1) is 14.0. The van der Waals surface area contributed by atoms with Crippen LogP contribution < -0.4 is 10.1 Å². The van der Waals surface area contributed by atoms with Crippen molar-refractivity contribution in [3.8, 4) is 17.1 Å². The minimum absolute atomic E-state index is 0.140. The van der Waals surface area contributed by atoms with E-state index in [1.807, 2.05) is 6.92 Å². The second-order valence-electron chi connectivity index (χ2n) is 6.56. The third-order valence-electron chi connectivity index (χ3n) is 4.54.